The maximum atomic E-state index is 5.36. The minimum atomic E-state index is 0.582. The van der Waals surface area contributed by atoms with E-state index < -0.39 is 0 Å². The fraction of sp³-hybridized carbons (Fsp3) is 0.467. The molecule has 1 unspecified atom stereocenters. The number of hydrogen-bond donors (Lipinski definition) is 1. The van der Waals surface area contributed by atoms with Crippen molar-refractivity contribution in [1.82, 2.24) is 20.4 Å². The van der Waals surface area contributed by atoms with Gasteiger partial charge < -0.3 is 9.84 Å². The Labute approximate surface area is 119 Å². The summed E-state index contributed by atoms with van der Waals surface area (Å²) in [5.74, 6) is 1.36. The molecule has 1 aromatic heterocycles. The Morgan fingerprint density at radius 3 is 2.90 bits per heavy atom. The van der Waals surface area contributed by atoms with Crippen LogP contribution in [-0.4, -0.2) is 40.7 Å². The van der Waals surface area contributed by atoms with Crippen molar-refractivity contribution in [3.8, 4) is 11.5 Å². The molecule has 1 atom stereocenters. The lowest BCUT2D eigenvalue weighted by molar-refractivity contribution is 0.202. The van der Waals surface area contributed by atoms with Gasteiger partial charge in [0.05, 0.1) is 6.54 Å². The molecule has 1 aliphatic heterocycles. The molecule has 3 rings (SSSR count). The molecule has 0 amide bonds. The van der Waals surface area contributed by atoms with Gasteiger partial charge in [-0.2, -0.15) is 4.98 Å². The van der Waals surface area contributed by atoms with Crippen molar-refractivity contribution in [1.29, 1.82) is 0 Å². The van der Waals surface area contributed by atoms with Crippen molar-refractivity contribution in [2.75, 3.05) is 19.6 Å². The molecule has 0 radical (unpaired) electrons. The summed E-state index contributed by atoms with van der Waals surface area (Å²) in [4.78, 5) is 6.90. The van der Waals surface area contributed by atoms with Gasteiger partial charge in [-0.3, -0.25) is 4.90 Å². The third-order valence-corrected chi connectivity index (χ3v) is 3.79. The van der Waals surface area contributed by atoms with Crippen LogP contribution in [-0.2, 0) is 6.54 Å². The van der Waals surface area contributed by atoms with Crippen LogP contribution in [0.15, 0.2) is 34.9 Å². The summed E-state index contributed by atoms with van der Waals surface area (Å²) < 4.78 is 5.36. The number of aromatic nitrogens is 2. The molecule has 0 aliphatic carbocycles. The van der Waals surface area contributed by atoms with E-state index in [2.05, 4.69) is 27.3 Å². The Hall–Kier alpha value is -1.72. The van der Waals surface area contributed by atoms with E-state index in [1.54, 1.807) is 0 Å². The number of rotatable bonds is 5. The molecule has 106 valence electrons. The lowest BCUT2D eigenvalue weighted by Crippen LogP contribution is -2.36. The molecule has 5 heteroatoms. The highest BCUT2D eigenvalue weighted by Gasteiger charge is 2.22. The molecule has 0 spiro atoms. The second-order valence-corrected chi connectivity index (χ2v) is 5.09. The molecule has 0 bridgehead atoms. The zero-order valence-electron chi connectivity index (χ0n) is 11.7. The SMILES string of the molecule is CCN(Cc1noc(-c2ccccc2)n1)C1CCNC1. The van der Waals surface area contributed by atoms with Crippen LogP contribution in [0, 0.1) is 0 Å². The van der Waals surface area contributed by atoms with Gasteiger partial charge in [0.25, 0.3) is 5.89 Å². The number of benzene rings is 1. The largest absolute Gasteiger partial charge is 0.334 e. The Kier molecular flexibility index (Phi) is 4.08. The second-order valence-electron chi connectivity index (χ2n) is 5.09. The van der Waals surface area contributed by atoms with E-state index in [0.717, 1.165) is 37.6 Å². The van der Waals surface area contributed by atoms with E-state index in [9.17, 15) is 0 Å². The predicted molar refractivity (Wildman–Crippen MR) is 77.1 cm³/mol. The van der Waals surface area contributed by atoms with Crippen LogP contribution < -0.4 is 5.32 Å². The fourth-order valence-electron chi connectivity index (χ4n) is 2.65. The molecule has 0 saturated carbocycles. The van der Waals surface area contributed by atoms with E-state index in [1.807, 2.05) is 30.3 Å². The van der Waals surface area contributed by atoms with Crippen LogP contribution in [0.4, 0.5) is 0 Å². The standard InChI is InChI=1S/C15H20N4O/c1-2-19(13-8-9-16-10-13)11-14-17-15(20-18-14)12-6-4-3-5-7-12/h3-7,13,16H,2,8-11H2,1H3. The van der Waals surface area contributed by atoms with Crippen molar-refractivity contribution < 1.29 is 4.52 Å². The molecule has 1 aromatic carbocycles. The van der Waals surface area contributed by atoms with Crippen LogP contribution in [0.1, 0.15) is 19.2 Å². The third-order valence-electron chi connectivity index (χ3n) is 3.79. The lowest BCUT2D eigenvalue weighted by atomic mass is 10.2. The highest BCUT2D eigenvalue weighted by Crippen LogP contribution is 2.18. The number of nitrogens with zero attached hydrogens (tertiary/aromatic N) is 3. The second kappa shape index (κ2) is 6.15. The van der Waals surface area contributed by atoms with E-state index in [1.165, 1.54) is 6.42 Å². The molecule has 2 heterocycles. The van der Waals surface area contributed by atoms with Crippen molar-refractivity contribution >= 4 is 0 Å². The van der Waals surface area contributed by atoms with Gasteiger partial charge >= 0.3 is 0 Å². The van der Waals surface area contributed by atoms with Gasteiger partial charge in [0.1, 0.15) is 0 Å². The third kappa shape index (κ3) is 2.89. The molecule has 1 N–H and O–H groups in total. The van der Waals surface area contributed by atoms with Gasteiger partial charge in [-0.25, -0.2) is 0 Å². The predicted octanol–water partition coefficient (Wildman–Crippen LogP) is 1.92. The van der Waals surface area contributed by atoms with Crippen LogP contribution in [0.5, 0.6) is 0 Å². The summed E-state index contributed by atoms with van der Waals surface area (Å²) in [6.45, 7) is 6.08. The number of likely N-dealkylation sites (N-methyl/N-ethyl adjacent to an activating group) is 1. The van der Waals surface area contributed by atoms with Crippen LogP contribution in [0.3, 0.4) is 0 Å². The van der Waals surface area contributed by atoms with Crippen LogP contribution in [0.25, 0.3) is 11.5 Å². The summed E-state index contributed by atoms with van der Waals surface area (Å²) in [5, 5.41) is 7.50. The zero-order chi connectivity index (χ0) is 13.8. The Morgan fingerprint density at radius 2 is 2.20 bits per heavy atom. The quantitative estimate of drug-likeness (QED) is 0.901. The first-order valence-corrected chi connectivity index (χ1v) is 7.19. The number of nitrogens with one attached hydrogen (secondary N) is 1. The van der Waals surface area contributed by atoms with Crippen molar-refractivity contribution in [2.45, 2.75) is 25.9 Å². The highest BCUT2D eigenvalue weighted by atomic mass is 16.5. The van der Waals surface area contributed by atoms with Crippen molar-refractivity contribution in [3.05, 3.63) is 36.2 Å². The monoisotopic (exact) mass is 272 g/mol. The first kappa shape index (κ1) is 13.3. The van der Waals surface area contributed by atoms with Crippen molar-refractivity contribution in [3.63, 3.8) is 0 Å². The Bertz CT molecular complexity index is 534. The molecule has 2 aromatic rings. The average molecular weight is 272 g/mol. The van der Waals surface area contributed by atoms with E-state index in [0.29, 0.717) is 11.9 Å². The zero-order valence-corrected chi connectivity index (χ0v) is 11.7. The van der Waals surface area contributed by atoms with Gasteiger partial charge in [0.2, 0.25) is 0 Å². The summed E-state index contributed by atoms with van der Waals surface area (Å²) in [5.41, 5.74) is 0.969. The topological polar surface area (TPSA) is 54.2 Å². The minimum absolute atomic E-state index is 0.582. The van der Waals surface area contributed by atoms with Crippen LogP contribution >= 0.6 is 0 Å². The summed E-state index contributed by atoms with van der Waals surface area (Å²) in [6, 6.07) is 10.5. The molecule has 1 saturated heterocycles. The van der Waals surface area contributed by atoms with Gasteiger partial charge in [0.15, 0.2) is 5.82 Å². The maximum Gasteiger partial charge on any atom is 0.257 e. The molecular weight excluding hydrogens is 252 g/mol. The fourth-order valence-corrected chi connectivity index (χ4v) is 2.65. The Morgan fingerprint density at radius 1 is 1.35 bits per heavy atom. The van der Waals surface area contributed by atoms with Gasteiger partial charge in [-0.05, 0) is 31.6 Å². The van der Waals surface area contributed by atoms with E-state index >= 15 is 0 Å². The van der Waals surface area contributed by atoms with Gasteiger partial charge in [-0.1, -0.05) is 30.3 Å². The Balaban J connectivity index is 1.70. The highest BCUT2D eigenvalue weighted by molar-refractivity contribution is 5.51. The summed E-state index contributed by atoms with van der Waals surface area (Å²) in [6.07, 6.45) is 1.19. The molecular formula is C15H20N4O. The van der Waals surface area contributed by atoms with E-state index in [-0.39, 0.29) is 0 Å². The number of hydrogen-bond acceptors (Lipinski definition) is 5. The lowest BCUT2D eigenvalue weighted by Gasteiger charge is -2.25. The molecule has 1 fully saturated rings. The van der Waals surface area contributed by atoms with E-state index in [4.69, 9.17) is 4.52 Å². The van der Waals surface area contributed by atoms with Gasteiger partial charge in [-0.15, -0.1) is 0 Å². The first-order chi connectivity index (χ1) is 9.86. The first-order valence-electron chi connectivity index (χ1n) is 7.19. The average Bonchev–Trinajstić information content (AvgIpc) is 3.17. The van der Waals surface area contributed by atoms with Gasteiger partial charge in [0, 0.05) is 18.2 Å². The molecule has 1 aliphatic rings. The normalized spacial score (nSPS) is 18.8. The maximum absolute atomic E-state index is 5.36. The van der Waals surface area contributed by atoms with Crippen molar-refractivity contribution in [2.24, 2.45) is 0 Å². The summed E-state index contributed by atoms with van der Waals surface area (Å²) >= 11 is 0. The smallest absolute Gasteiger partial charge is 0.257 e. The molecule has 5 nitrogen and oxygen atoms in total. The minimum Gasteiger partial charge on any atom is -0.334 e. The summed E-state index contributed by atoms with van der Waals surface area (Å²) in [7, 11) is 0. The molecule has 20 heavy (non-hydrogen) atoms. The van der Waals surface area contributed by atoms with Crippen LogP contribution in [0.2, 0.25) is 0 Å².